The zero-order valence-electron chi connectivity index (χ0n) is 6.20. The van der Waals surface area contributed by atoms with Gasteiger partial charge in [0.05, 0.1) is 5.69 Å². The molecule has 0 aliphatic heterocycles. The van der Waals surface area contributed by atoms with E-state index >= 15 is 0 Å². The monoisotopic (exact) mass is 187 g/mol. The van der Waals surface area contributed by atoms with Gasteiger partial charge < -0.3 is 5.73 Å². The molecule has 1 rings (SSSR count). The van der Waals surface area contributed by atoms with Crippen molar-refractivity contribution in [3.8, 4) is 0 Å². The molecule has 1 heterocycles. The van der Waals surface area contributed by atoms with Crippen molar-refractivity contribution in [3.05, 3.63) is 10.6 Å². The van der Waals surface area contributed by atoms with Gasteiger partial charge in [-0.05, 0) is 18.0 Å². The van der Waals surface area contributed by atoms with E-state index in [-0.39, 0.29) is 0 Å². The number of hydrogen-bond donors (Lipinski definition) is 1. The Kier molecular flexibility index (Phi) is 2.90. The Morgan fingerprint density at radius 1 is 1.73 bits per heavy atom. The summed E-state index contributed by atoms with van der Waals surface area (Å²) < 4.78 is 3.79. The molecular formula is C6H9N3S2. The van der Waals surface area contributed by atoms with Gasteiger partial charge >= 0.3 is 0 Å². The van der Waals surface area contributed by atoms with Crippen molar-refractivity contribution in [2.75, 3.05) is 0 Å². The molecule has 11 heavy (non-hydrogen) atoms. The van der Waals surface area contributed by atoms with Gasteiger partial charge in [0, 0.05) is 0 Å². The van der Waals surface area contributed by atoms with Crippen LogP contribution in [0.25, 0.3) is 0 Å². The van der Waals surface area contributed by atoms with Crippen LogP contribution < -0.4 is 5.73 Å². The van der Waals surface area contributed by atoms with Crippen molar-refractivity contribution >= 4 is 28.7 Å². The lowest BCUT2D eigenvalue weighted by atomic mass is 10.2. The Balaban J connectivity index is 2.87. The first-order chi connectivity index (χ1) is 5.25. The summed E-state index contributed by atoms with van der Waals surface area (Å²) >= 11 is 6.10. The number of nitrogens with zero attached hydrogens (tertiary/aromatic N) is 2. The highest BCUT2D eigenvalue weighted by Crippen LogP contribution is 2.11. The summed E-state index contributed by atoms with van der Waals surface area (Å²) in [5.41, 5.74) is 6.39. The summed E-state index contributed by atoms with van der Waals surface area (Å²) in [6.45, 7) is 2.09. The molecule has 0 spiro atoms. The van der Waals surface area contributed by atoms with Crippen molar-refractivity contribution in [3.63, 3.8) is 0 Å². The predicted molar refractivity (Wildman–Crippen MR) is 49.8 cm³/mol. The molecule has 0 atom stereocenters. The third-order valence-corrected chi connectivity index (χ3v) is 2.40. The zero-order valence-corrected chi connectivity index (χ0v) is 7.84. The van der Waals surface area contributed by atoms with Gasteiger partial charge in [0.25, 0.3) is 0 Å². The molecule has 0 bridgehead atoms. The average Bonchev–Trinajstić information content (AvgIpc) is 2.36. The summed E-state index contributed by atoms with van der Waals surface area (Å²) in [6.07, 6.45) is 1.95. The normalized spacial score (nSPS) is 9.91. The van der Waals surface area contributed by atoms with E-state index in [1.165, 1.54) is 11.5 Å². The second-order valence-corrected chi connectivity index (χ2v) is 3.36. The first-order valence-electron chi connectivity index (χ1n) is 3.36. The number of nitrogens with two attached hydrogens (primary N) is 1. The van der Waals surface area contributed by atoms with Crippen molar-refractivity contribution in [2.45, 2.75) is 19.8 Å². The summed E-state index contributed by atoms with van der Waals surface area (Å²) in [5.74, 6) is 0. The minimum absolute atomic E-state index is 0.406. The number of aromatic nitrogens is 2. The molecule has 5 heteroatoms. The fraction of sp³-hybridized carbons (Fsp3) is 0.500. The van der Waals surface area contributed by atoms with E-state index in [1.807, 2.05) is 0 Å². The molecule has 60 valence electrons. The molecule has 0 aromatic carbocycles. The minimum atomic E-state index is 0.406. The maximum Gasteiger partial charge on any atom is 0.117 e. The second-order valence-electron chi connectivity index (χ2n) is 2.16. The lowest BCUT2D eigenvalue weighted by molar-refractivity contribution is 0.868. The Hall–Kier alpha value is -0.550. The van der Waals surface area contributed by atoms with Crippen LogP contribution in [0.1, 0.15) is 23.9 Å². The first-order valence-corrected chi connectivity index (χ1v) is 4.55. The maximum atomic E-state index is 5.45. The molecule has 0 saturated heterocycles. The van der Waals surface area contributed by atoms with Crippen molar-refractivity contribution in [1.82, 2.24) is 9.59 Å². The lowest BCUT2D eigenvalue weighted by Crippen LogP contribution is -2.09. The molecular weight excluding hydrogens is 178 g/mol. The van der Waals surface area contributed by atoms with E-state index < -0.39 is 0 Å². The minimum Gasteiger partial charge on any atom is -0.389 e. The zero-order chi connectivity index (χ0) is 8.27. The summed E-state index contributed by atoms with van der Waals surface area (Å²) in [5, 5.41) is 3.93. The fourth-order valence-electron chi connectivity index (χ4n) is 0.796. The van der Waals surface area contributed by atoms with Gasteiger partial charge in [-0.1, -0.05) is 30.1 Å². The van der Waals surface area contributed by atoms with E-state index in [9.17, 15) is 0 Å². The van der Waals surface area contributed by atoms with Gasteiger partial charge in [0.2, 0.25) is 0 Å². The van der Waals surface area contributed by atoms with Gasteiger partial charge in [0.15, 0.2) is 0 Å². The topological polar surface area (TPSA) is 51.8 Å². The van der Waals surface area contributed by atoms with Crippen molar-refractivity contribution in [1.29, 1.82) is 0 Å². The Bertz CT molecular complexity index is 256. The Morgan fingerprint density at radius 3 is 3.00 bits per heavy atom. The van der Waals surface area contributed by atoms with Gasteiger partial charge in [0.1, 0.15) is 9.87 Å². The van der Waals surface area contributed by atoms with E-state index in [0.29, 0.717) is 4.99 Å². The highest BCUT2D eigenvalue weighted by atomic mass is 32.1. The van der Waals surface area contributed by atoms with Crippen molar-refractivity contribution < 1.29 is 0 Å². The Morgan fingerprint density at radius 2 is 2.45 bits per heavy atom. The van der Waals surface area contributed by atoms with Crippen LogP contribution >= 0.6 is 23.8 Å². The molecule has 0 fully saturated rings. The van der Waals surface area contributed by atoms with Crippen LogP contribution in [0.4, 0.5) is 0 Å². The summed E-state index contributed by atoms with van der Waals surface area (Å²) in [4.78, 5) is 1.27. The maximum absolute atomic E-state index is 5.45. The molecule has 0 aliphatic carbocycles. The first kappa shape index (κ1) is 8.55. The van der Waals surface area contributed by atoms with Crippen LogP contribution in [-0.2, 0) is 6.42 Å². The number of aryl methyl sites for hydroxylation is 1. The third-order valence-electron chi connectivity index (χ3n) is 1.27. The SMILES string of the molecule is CCCc1nnsc1C(N)=S. The van der Waals surface area contributed by atoms with Crippen LogP contribution in [0, 0.1) is 0 Å². The number of hydrogen-bond acceptors (Lipinski definition) is 4. The van der Waals surface area contributed by atoms with Crippen LogP contribution in [-0.4, -0.2) is 14.6 Å². The highest BCUT2D eigenvalue weighted by molar-refractivity contribution is 7.81. The van der Waals surface area contributed by atoms with E-state index in [4.69, 9.17) is 18.0 Å². The highest BCUT2D eigenvalue weighted by Gasteiger charge is 2.08. The number of rotatable bonds is 3. The molecule has 1 aromatic heterocycles. The molecule has 0 amide bonds. The molecule has 0 aliphatic rings. The van der Waals surface area contributed by atoms with Crippen LogP contribution in [0.15, 0.2) is 0 Å². The van der Waals surface area contributed by atoms with Gasteiger partial charge in [-0.15, -0.1) is 5.10 Å². The summed E-state index contributed by atoms with van der Waals surface area (Å²) in [6, 6.07) is 0. The van der Waals surface area contributed by atoms with Gasteiger partial charge in [-0.25, -0.2) is 0 Å². The number of thiocarbonyl (C=S) groups is 1. The lowest BCUT2D eigenvalue weighted by Gasteiger charge is -1.94. The third kappa shape index (κ3) is 1.94. The standard InChI is InChI=1S/C6H9N3S2/c1-2-3-4-5(6(7)10)11-9-8-4/h2-3H2,1H3,(H2,7,10). The van der Waals surface area contributed by atoms with Crippen LogP contribution in [0.2, 0.25) is 0 Å². The molecule has 3 nitrogen and oxygen atoms in total. The second kappa shape index (κ2) is 3.73. The van der Waals surface area contributed by atoms with E-state index in [2.05, 4.69) is 16.5 Å². The summed E-state index contributed by atoms with van der Waals surface area (Å²) in [7, 11) is 0. The molecule has 0 unspecified atom stereocenters. The average molecular weight is 187 g/mol. The quantitative estimate of drug-likeness (QED) is 0.721. The molecule has 0 radical (unpaired) electrons. The van der Waals surface area contributed by atoms with E-state index in [0.717, 1.165) is 23.4 Å². The predicted octanol–water partition coefficient (Wildman–Crippen LogP) is 1.12. The van der Waals surface area contributed by atoms with Crippen molar-refractivity contribution in [2.24, 2.45) is 5.73 Å². The molecule has 0 saturated carbocycles. The largest absolute Gasteiger partial charge is 0.389 e. The van der Waals surface area contributed by atoms with Crippen LogP contribution in [0.5, 0.6) is 0 Å². The smallest absolute Gasteiger partial charge is 0.117 e. The molecule has 1 aromatic rings. The fourth-order valence-corrected chi connectivity index (χ4v) is 1.59. The van der Waals surface area contributed by atoms with Crippen LogP contribution in [0.3, 0.4) is 0 Å². The van der Waals surface area contributed by atoms with Gasteiger partial charge in [-0.2, -0.15) is 0 Å². The van der Waals surface area contributed by atoms with E-state index in [1.54, 1.807) is 0 Å². The molecule has 2 N–H and O–H groups in total. The Labute approximate surface area is 74.8 Å². The van der Waals surface area contributed by atoms with Gasteiger partial charge in [-0.3, -0.25) is 0 Å².